The van der Waals surface area contributed by atoms with E-state index >= 15 is 0 Å². The Labute approximate surface area is 145 Å². The van der Waals surface area contributed by atoms with Gasteiger partial charge in [-0.3, -0.25) is 4.79 Å². The molecule has 0 saturated carbocycles. The molecule has 132 valence electrons. The van der Waals surface area contributed by atoms with Gasteiger partial charge in [-0.25, -0.2) is 4.68 Å². The third-order valence-corrected chi connectivity index (χ3v) is 5.24. The highest BCUT2D eigenvalue weighted by molar-refractivity contribution is 5.94. The molecule has 0 unspecified atom stereocenters. The fourth-order valence-corrected chi connectivity index (χ4v) is 3.70. The fraction of sp³-hybridized carbons (Fsp3) is 0.529. The Hall–Kier alpha value is -2.32. The minimum atomic E-state index is -0.459. The Morgan fingerprint density at radius 3 is 2.64 bits per heavy atom. The number of tetrazole rings is 1. The van der Waals surface area contributed by atoms with E-state index in [0.717, 1.165) is 18.5 Å². The van der Waals surface area contributed by atoms with Crippen LogP contribution in [0.2, 0.25) is 0 Å². The van der Waals surface area contributed by atoms with Gasteiger partial charge in [0.1, 0.15) is 6.33 Å². The number of aromatic nitrogens is 4. The number of hydrogen-bond donors (Lipinski definition) is 1. The smallest absolute Gasteiger partial charge is 0.253 e. The van der Waals surface area contributed by atoms with E-state index in [1.807, 2.05) is 17.0 Å². The summed E-state index contributed by atoms with van der Waals surface area (Å²) in [6, 6.07) is 7.22. The average molecular weight is 343 g/mol. The molecule has 1 atom stereocenters. The van der Waals surface area contributed by atoms with Crippen molar-refractivity contribution in [1.29, 1.82) is 0 Å². The molecule has 1 N–H and O–H groups in total. The maximum absolute atomic E-state index is 12.7. The molecular formula is C17H21N5O3. The van der Waals surface area contributed by atoms with Gasteiger partial charge in [0.15, 0.2) is 0 Å². The van der Waals surface area contributed by atoms with Gasteiger partial charge in [0.2, 0.25) is 0 Å². The first-order valence-corrected chi connectivity index (χ1v) is 8.63. The van der Waals surface area contributed by atoms with Crippen LogP contribution in [0, 0.1) is 0 Å². The van der Waals surface area contributed by atoms with Crippen LogP contribution in [-0.2, 0) is 4.74 Å². The summed E-state index contributed by atoms with van der Waals surface area (Å²) < 4.78 is 7.44. The largest absolute Gasteiger partial charge is 0.390 e. The van der Waals surface area contributed by atoms with E-state index in [1.54, 1.807) is 16.8 Å². The first kappa shape index (κ1) is 16.2. The number of rotatable bonds is 2. The monoisotopic (exact) mass is 343 g/mol. The lowest BCUT2D eigenvalue weighted by Crippen LogP contribution is -2.56. The number of carbonyl (C=O) groups is 1. The molecule has 1 aromatic carbocycles. The van der Waals surface area contributed by atoms with Gasteiger partial charge in [0, 0.05) is 25.3 Å². The van der Waals surface area contributed by atoms with E-state index < -0.39 is 11.7 Å². The number of hydrogen-bond acceptors (Lipinski definition) is 6. The number of benzene rings is 1. The molecule has 8 nitrogen and oxygen atoms in total. The highest BCUT2D eigenvalue weighted by Crippen LogP contribution is 2.35. The van der Waals surface area contributed by atoms with Crippen LogP contribution >= 0.6 is 0 Å². The Bertz CT molecular complexity index is 723. The van der Waals surface area contributed by atoms with Crippen molar-refractivity contribution >= 4 is 5.91 Å². The minimum Gasteiger partial charge on any atom is -0.390 e. The summed E-state index contributed by atoms with van der Waals surface area (Å²) in [6.45, 7) is 1.90. The first-order valence-electron chi connectivity index (χ1n) is 8.63. The topological polar surface area (TPSA) is 93.4 Å². The van der Waals surface area contributed by atoms with Crippen molar-refractivity contribution in [2.45, 2.75) is 37.4 Å². The molecule has 8 heteroatoms. The molecule has 25 heavy (non-hydrogen) atoms. The number of ether oxygens (including phenoxy) is 1. The summed E-state index contributed by atoms with van der Waals surface area (Å²) in [6.07, 6.45) is 4.14. The predicted octanol–water partition coefficient (Wildman–Crippen LogP) is 0.808. The second-order valence-corrected chi connectivity index (χ2v) is 6.66. The van der Waals surface area contributed by atoms with Gasteiger partial charge in [-0.05, 0) is 60.4 Å². The molecule has 2 saturated heterocycles. The quantitative estimate of drug-likeness (QED) is 0.867. The molecule has 0 aliphatic carbocycles. The number of aliphatic hydroxyl groups excluding tert-OH is 1. The second-order valence-electron chi connectivity index (χ2n) is 6.66. The summed E-state index contributed by atoms with van der Waals surface area (Å²) in [5, 5.41) is 21.3. The third-order valence-electron chi connectivity index (χ3n) is 5.24. The van der Waals surface area contributed by atoms with E-state index in [4.69, 9.17) is 4.74 Å². The van der Waals surface area contributed by atoms with E-state index in [1.165, 1.54) is 6.33 Å². The molecule has 2 aromatic rings. The van der Waals surface area contributed by atoms with Crippen LogP contribution in [0.15, 0.2) is 30.6 Å². The number of nitrogens with zero attached hydrogens (tertiary/aromatic N) is 5. The van der Waals surface area contributed by atoms with Gasteiger partial charge < -0.3 is 14.7 Å². The molecule has 4 rings (SSSR count). The van der Waals surface area contributed by atoms with Gasteiger partial charge in [0.25, 0.3) is 5.91 Å². The van der Waals surface area contributed by atoms with Gasteiger partial charge >= 0.3 is 0 Å². The number of carbonyl (C=O) groups excluding carboxylic acids is 1. The standard InChI is InChI=1S/C17H21N5O3/c23-15-2-1-11-25-17(15)7-9-21(10-8-17)16(24)13-3-5-14(6-4-13)22-12-18-19-20-22/h3-6,12,15,23H,1-2,7-11H2/t15-/m1/s1. The number of piperidine rings is 1. The van der Waals surface area contributed by atoms with Crippen molar-refractivity contribution in [1.82, 2.24) is 25.1 Å². The Balaban J connectivity index is 1.42. The average Bonchev–Trinajstić information content (AvgIpc) is 3.19. The lowest BCUT2D eigenvalue weighted by atomic mass is 9.82. The van der Waals surface area contributed by atoms with E-state index in [2.05, 4.69) is 15.5 Å². The van der Waals surface area contributed by atoms with Gasteiger partial charge in [-0.1, -0.05) is 0 Å². The molecule has 0 bridgehead atoms. The zero-order valence-corrected chi connectivity index (χ0v) is 13.9. The summed E-state index contributed by atoms with van der Waals surface area (Å²) in [5.41, 5.74) is 0.981. The first-order chi connectivity index (χ1) is 12.2. The highest BCUT2D eigenvalue weighted by atomic mass is 16.5. The number of amides is 1. The van der Waals surface area contributed by atoms with E-state index in [9.17, 15) is 9.90 Å². The summed E-state index contributed by atoms with van der Waals surface area (Å²) in [5.74, 6) is 0.00316. The predicted molar refractivity (Wildman–Crippen MR) is 88.2 cm³/mol. The van der Waals surface area contributed by atoms with Gasteiger partial charge in [-0.15, -0.1) is 5.10 Å². The van der Waals surface area contributed by atoms with Crippen LogP contribution in [0.5, 0.6) is 0 Å². The Morgan fingerprint density at radius 2 is 2.00 bits per heavy atom. The van der Waals surface area contributed by atoms with Crippen molar-refractivity contribution in [2.24, 2.45) is 0 Å². The number of aliphatic hydroxyl groups is 1. The van der Waals surface area contributed by atoms with Gasteiger partial charge in [0.05, 0.1) is 17.4 Å². The van der Waals surface area contributed by atoms with Crippen molar-refractivity contribution in [3.05, 3.63) is 36.2 Å². The molecule has 2 aliphatic heterocycles. The Morgan fingerprint density at radius 1 is 1.24 bits per heavy atom. The van der Waals surface area contributed by atoms with Gasteiger partial charge in [-0.2, -0.15) is 0 Å². The van der Waals surface area contributed by atoms with Crippen molar-refractivity contribution in [2.75, 3.05) is 19.7 Å². The lowest BCUT2D eigenvalue weighted by molar-refractivity contribution is -0.174. The van der Waals surface area contributed by atoms with Crippen LogP contribution in [-0.4, -0.2) is 67.5 Å². The number of likely N-dealkylation sites (tertiary alicyclic amines) is 1. The molecule has 1 aromatic heterocycles. The van der Waals surface area contributed by atoms with Crippen LogP contribution in [0.4, 0.5) is 0 Å². The summed E-state index contributed by atoms with van der Waals surface area (Å²) >= 11 is 0. The maximum atomic E-state index is 12.7. The SMILES string of the molecule is O=C(c1ccc(-n2cnnn2)cc1)N1CCC2(CC1)OCCC[C@H]2O. The third kappa shape index (κ3) is 3.03. The van der Waals surface area contributed by atoms with Crippen molar-refractivity contribution in [3.8, 4) is 5.69 Å². The summed E-state index contributed by atoms with van der Waals surface area (Å²) in [4.78, 5) is 14.6. The second kappa shape index (κ2) is 6.53. The lowest BCUT2D eigenvalue weighted by Gasteiger charge is -2.46. The highest BCUT2D eigenvalue weighted by Gasteiger charge is 2.44. The molecule has 2 fully saturated rings. The van der Waals surface area contributed by atoms with Crippen LogP contribution < -0.4 is 0 Å². The fourth-order valence-electron chi connectivity index (χ4n) is 3.70. The molecular weight excluding hydrogens is 322 g/mol. The van der Waals surface area contributed by atoms with Crippen LogP contribution in [0.25, 0.3) is 5.69 Å². The molecule has 0 radical (unpaired) electrons. The zero-order valence-electron chi connectivity index (χ0n) is 13.9. The zero-order chi connectivity index (χ0) is 17.3. The minimum absolute atomic E-state index is 0.00316. The maximum Gasteiger partial charge on any atom is 0.253 e. The van der Waals surface area contributed by atoms with Crippen LogP contribution in [0.1, 0.15) is 36.0 Å². The molecule has 2 aliphatic rings. The Kier molecular flexibility index (Phi) is 4.22. The summed E-state index contributed by atoms with van der Waals surface area (Å²) in [7, 11) is 0. The van der Waals surface area contributed by atoms with Crippen molar-refractivity contribution in [3.63, 3.8) is 0 Å². The van der Waals surface area contributed by atoms with E-state index in [-0.39, 0.29) is 5.91 Å². The molecule has 1 spiro atoms. The van der Waals surface area contributed by atoms with E-state index in [0.29, 0.717) is 38.1 Å². The van der Waals surface area contributed by atoms with Crippen molar-refractivity contribution < 1.29 is 14.6 Å². The normalized spacial score (nSPS) is 22.9. The van der Waals surface area contributed by atoms with Crippen LogP contribution in [0.3, 0.4) is 0 Å². The molecule has 3 heterocycles. The molecule has 1 amide bonds.